The molecule has 1 aliphatic heterocycles. The topological polar surface area (TPSA) is 63.7 Å². The minimum Gasteiger partial charge on any atom is -0.378 e. The third-order valence-corrected chi connectivity index (χ3v) is 5.09. The molecule has 1 aromatic carbocycles. The molecule has 0 aromatic heterocycles. The summed E-state index contributed by atoms with van der Waals surface area (Å²) in [6.45, 7) is 1.39. The van der Waals surface area contributed by atoms with E-state index >= 15 is 0 Å². The third kappa shape index (κ3) is 3.30. The molecule has 0 radical (unpaired) electrons. The quantitative estimate of drug-likeness (QED) is 0.729. The molecule has 0 atom stereocenters. The maximum Gasteiger partial charge on any atom is 0.262 e. The van der Waals surface area contributed by atoms with Crippen LogP contribution in [0.2, 0.25) is 0 Å². The number of carbonyl (C=O) groups excluding carboxylic acids is 1. The Morgan fingerprint density at radius 2 is 1.95 bits per heavy atom. The van der Waals surface area contributed by atoms with Crippen molar-refractivity contribution in [2.45, 2.75) is 4.90 Å². The Bertz CT molecular complexity index is 646. The lowest BCUT2D eigenvalue weighted by Gasteiger charge is -2.27. The van der Waals surface area contributed by atoms with Crippen molar-refractivity contribution in [2.24, 2.45) is 0 Å². The molecule has 0 saturated carbocycles. The molecule has 0 N–H and O–H groups in total. The van der Waals surface area contributed by atoms with Crippen LogP contribution in [-0.4, -0.2) is 45.5 Å². The van der Waals surface area contributed by atoms with Crippen LogP contribution in [0.1, 0.15) is 10.4 Å². The van der Waals surface area contributed by atoms with Gasteiger partial charge in [0, 0.05) is 28.2 Å². The van der Waals surface area contributed by atoms with Crippen molar-refractivity contribution in [2.75, 3.05) is 26.3 Å². The first-order valence-electron chi connectivity index (χ1n) is 5.61. The van der Waals surface area contributed by atoms with Crippen molar-refractivity contribution in [3.05, 3.63) is 28.0 Å². The molecule has 1 amide bonds. The summed E-state index contributed by atoms with van der Waals surface area (Å²) < 4.78 is 41.7. The van der Waals surface area contributed by atoms with Crippen molar-refractivity contribution in [1.29, 1.82) is 0 Å². The van der Waals surface area contributed by atoms with E-state index in [4.69, 9.17) is 15.4 Å². The predicted molar refractivity (Wildman–Crippen MR) is 73.9 cm³/mol. The maximum atomic E-state index is 13.9. The van der Waals surface area contributed by atoms with Gasteiger partial charge < -0.3 is 9.64 Å². The fourth-order valence-electron chi connectivity index (χ4n) is 1.82. The van der Waals surface area contributed by atoms with Crippen LogP contribution in [0.15, 0.2) is 21.5 Å². The average Bonchev–Trinajstić information content (AvgIpc) is 2.37. The Hall–Kier alpha value is -0.700. The first-order chi connectivity index (χ1) is 9.30. The molecule has 0 unspecified atom stereocenters. The predicted octanol–water partition coefficient (Wildman–Crippen LogP) is 1.99. The van der Waals surface area contributed by atoms with Gasteiger partial charge in [0.25, 0.3) is 15.0 Å². The molecule has 1 fully saturated rings. The van der Waals surface area contributed by atoms with Crippen molar-refractivity contribution in [3.8, 4) is 0 Å². The highest BCUT2D eigenvalue weighted by Gasteiger charge is 2.25. The van der Waals surface area contributed by atoms with Gasteiger partial charge in [-0.15, -0.1) is 0 Å². The zero-order valence-corrected chi connectivity index (χ0v) is 13.3. The minimum absolute atomic E-state index is 0.0245. The zero-order valence-electron chi connectivity index (χ0n) is 10.1. The Balaban J connectivity index is 2.43. The summed E-state index contributed by atoms with van der Waals surface area (Å²) in [5.41, 5.74) is -0.325. The van der Waals surface area contributed by atoms with E-state index < -0.39 is 20.8 Å². The Morgan fingerprint density at radius 1 is 1.35 bits per heavy atom. The van der Waals surface area contributed by atoms with Crippen molar-refractivity contribution in [1.82, 2.24) is 4.90 Å². The largest absolute Gasteiger partial charge is 0.378 e. The Labute approximate surface area is 128 Å². The fraction of sp³-hybridized carbons (Fsp3) is 0.364. The molecule has 9 heteroatoms. The van der Waals surface area contributed by atoms with Gasteiger partial charge in [0.1, 0.15) is 5.82 Å². The summed E-state index contributed by atoms with van der Waals surface area (Å²) in [5, 5.41) is 0. The summed E-state index contributed by atoms with van der Waals surface area (Å²) in [5.74, 6) is -1.39. The number of benzene rings is 1. The normalized spacial score (nSPS) is 16.2. The number of amides is 1. The van der Waals surface area contributed by atoms with Crippen LogP contribution in [-0.2, 0) is 13.8 Å². The fourth-order valence-corrected chi connectivity index (χ4v) is 3.98. The van der Waals surface area contributed by atoms with Gasteiger partial charge >= 0.3 is 0 Å². The number of nitrogens with zero attached hydrogens (tertiary/aromatic N) is 1. The van der Waals surface area contributed by atoms with Crippen LogP contribution >= 0.6 is 26.6 Å². The Kier molecular flexibility index (Phi) is 4.68. The molecule has 20 heavy (non-hydrogen) atoms. The summed E-state index contributed by atoms with van der Waals surface area (Å²) in [6.07, 6.45) is 0. The number of halogens is 3. The molecule has 0 bridgehead atoms. The highest BCUT2D eigenvalue weighted by Crippen LogP contribution is 2.28. The number of hydrogen-bond acceptors (Lipinski definition) is 4. The van der Waals surface area contributed by atoms with Gasteiger partial charge in [-0.05, 0) is 28.1 Å². The highest BCUT2D eigenvalue weighted by atomic mass is 79.9. The molecule has 0 aliphatic carbocycles. The summed E-state index contributed by atoms with van der Waals surface area (Å²) in [7, 11) is 1.18. The summed E-state index contributed by atoms with van der Waals surface area (Å²) in [4.78, 5) is 13.3. The van der Waals surface area contributed by atoms with E-state index in [0.29, 0.717) is 26.3 Å². The monoisotopic (exact) mass is 385 g/mol. The van der Waals surface area contributed by atoms with Crippen molar-refractivity contribution in [3.63, 3.8) is 0 Å². The summed E-state index contributed by atoms with van der Waals surface area (Å²) >= 11 is 2.91. The first kappa shape index (κ1) is 15.7. The molecular weight excluding hydrogens is 377 g/mol. The van der Waals surface area contributed by atoms with Crippen LogP contribution in [0.25, 0.3) is 0 Å². The molecule has 1 saturated heterocycles. The van der Waals surface area contributed by atoms with Crippen molar-refractivity contribution >= 4 is 41.6 Å². The average molecular weight is 387 g/mol. The molecule has 5 nitrogen and oxygen atoms in total. The van der Waals surface area contributed by atoms with E-state index in [1.807, 2.05) is 0 Å². The van der Waals surface area contributed by atoms with Gasteiger partial charge in [-0.2, -0.15) is 0 Å². The molecule has 110 valence electrons. The van der Waals surface area contributed by atoms with Crippen LogP contribution < -0.4 is 0 Å². The molecule has 2 rings (SSSR count). The van der Waals surface area contributed by atoms with Gasteiger partial charge in [0.05, 0.1) is 23.7 Å². The highest BCUT2D eigenvalue weighted by molar-refractivity contribution is 9.10. The van der Waals surface area contributed by atoms with E-state index in [1.165, 1.54) is 4.90 Å². The lowest BCUT2D eigenvalue weighted by molar-refractivity contribution is 0.0299. The SMILES string of the molecule is O=C(c1cc(S(=O)(=O)Cl)c(Br)cc1F)N1CCOCC1. The van der Waals surface area contributed by atoms with Gasteiger partial charge in [0.2, 0.25) is 0 Å². The minimum atomic E-state index is -4.07. The number of rotatable bonds is 2. The molecule has 0 spiro atoms. The number of ether oxygens (including phenoxy) is 1. The lowest BCUT2D eigenvalue weighted by Crippen LogP contribution is -2.41. The number of hydrogen-bond donors (Lipinski definition) is 0. The van der Waals surface area contributed by atoms with Gasteiger partial charge in [-0.1, -0.05) is 0 Å². The molecule has 1 heterocycles. The van der Waals surface area contributed by atoms with E-state index in [9.17, 15) is 17.6 Å². The smallest absolute Gasteiger partial charge is 0.262 e. The van der Waals surface area contributed by atoms with Gasteiger partial charge in [-0.25, -0.2) is 12.8 Å². The second-order valence-electron chi connectivity index (χ2n) is 4.10. The van der Waals surface area contributed by atoms with Gasteiger partial charge in [-0.3, -0.25) is 4.79 Å². The standard InChI is InChI=1S/C11H10BrClFNO4S/c12-8-6-9(14)7(5-10(8)20(13,17)18)11(16)15-1-3-19-4-2-15/h5-6H,1-4H2. The molecule has 1 aliphatic rings. The second-order valence-corrected chi connectivity index (χ2v) is 7.49. The van der Waals surface area contributed by atoms with Crippen molar-refractivity contribution < 1.29 is 22.3 Å². The molecule has 1 aromatic rings. The maximum absolute atomic E-state index is 13.9. The second kappa shape index (κ2) is 5.97. The summed E-state index contributed by atoms with van der Waals surface area (Å²) in [6, 6.07) is 1.86. The first-order valence-corrected chi connectivity index (χ1v) is 8.71. The van der Waals surface area contributed by atoms with E-state index in [0.717, 1.165) is 12.1 Å². The van der Waals surface area contributed by atoms with E-state index in [-0.39, 0.29) is 14.9 Å². The third-order valence-electron chi connectivity index (χ3n) is 2.81. The van der Waals surface area contributed by atoms with Gasteiger partial charge in [0.15, 0.2) is 0 Å². The van der Waals surface area contributed by atoms with Crippen LogP contribution in [0.5, 0.6) is 0 Å². The number of morpholine rings is 1. The van der Waals surface area contributed by atoms with Crippen LogP contribution in [0.3, 0.4) is 0 Å². The number of carbonyl (C=O) groups is 1. The van der Waals surface area contributed by atoms with E-state index in [2.05, 4.69) is 15.9 Å². The van der Waals surface area contributed by atoms with Crippen LogP contribution in [0.4, 0.5) is 4.39 Å². The zero-order chi connectivity index (χ0) is 14.9. The van der Waals surface area contributed by atoms with Crippen LogP contribution in [0, 0.1) is 5.82 Å². The molecular formula is C11H10BrClFNO4S. The lowest BCUT2D eigenvalue weighted by atomic mass is 10.2. The van der Waals surface area contributed by atoms with E-state index in [1.54, 1.807) is 0 Å². The Morgan fingerprint density at radius 3 is 2.50 bits per heavy atom.